The normalized spacial score (nSPS) is 25.2. The second-order valence-corrected chi connectivity index (χ2v) is 4.97. The van der Waals surface area contributed by atoms with Crippen LogP contribution in [0.2, 0.25) is 0 Å². The maximum absolute atomic E-state index is 10.6. The van der Waals surface area contributed by atoms with E-state index >= 15 is 0 Å². The first-order chi connectivity index (χ1) is 7.47. The molecule has 2 N–H and O–H groups in total. The molecule has 1 atom stereocenters. The summed E-state index contributed by atoms with van der Waals surface area (Å²) in [6.45, 7) is 10.7. The van der Waals surface area contributed by atoms with Gasteiger partial charge in [0.15, 0.2) is 0 Å². The summed E-state index contributed by atoms with van der Waals surface area (Å²) >= 11 is 0. The summed E-state index contributed by atoms with van der Waals surface area (Å²) in [4.78, 5) is 13.0. The number of carbonyl (C=O) groups is 1. The van der Waals surface area contributed by atoms with Crippen molar-refractivity contribution in [3.8, 4) is 0 Å². The molecule has 0 radical (unpaired) electrons. The summed E-state index contributed by atoms with van der Waals surface area (Å²) < 4.78 is 0. The maximum atomic E-state index is 10.6. The Kier molecular flexibility index (Phi) is 4.50. The monoisotopic (exact) mass is 226 g/mol. The molecule has 4 heteroatoms. The number of nitrogens with zero attached hydrogens (tertiary/aromatic N) is 1. The van der Waals surface area contributed by atoms with Crippen LogP contribution in [-0.2, 0) is 4.79 Å². The van der Waals surface area contributed by atoms with E-state index in [0.717, 1.165) is 19.6 Å². The van der Waals surface area contributed by atoms with Crippen molar-refractivity contribution in [2.75, 3.05) is 19.6 Å². The van der Waals surface area contributed by atoms with Crippen LogP contribution in [0.15, 0.2) is 12.7 Å². The third-order valence-corrected chi connectivity index (χ3v) is 3.17. The van der Waals surface area contributed by atoms with Crippen LogP contribution in [-0.4, -0.2) is 47.2 Å². The van der Waals surface area contributed by atoms with E-state index in [0.29, 0.717) is 6.42 Å². The number of carboxylic acid groups (broad SMARTS) is 1. The number of piperazine rings is 1. The fourth-order valence-electron chi connectivity index (χ4n) is 2.33. The van der Waals surface area contributed by atoms with Crippen LogP contribution in [0.3, 0.4) is 0 Å². The lowest BCUT2D eigenvalue weighted by Crippen LogP contribution is -2.62. The van der Waals surface area contributed by atoms with Crippen LogP contribution >= 0.6 is 0 Å². The number of rotatable bonds is 5. The van der Waals surface area contributed by atoms with Gasteiger partial charge >= 0.3 is 5.97 Å². The van der Waals surface area contributed by atoms with Crippen LogP contribution in [0.1, 0.15) is 26.7 Å². The van der Waals surface area contributed by atoms with Crippen molar-refractivity contribution in [3.63, 3.8) is 0 Å². The predicted octanol–water partition coefficient (Wildman–Crippen LogP) is 1.09. The first kappa shape index (κ1) is 13.2. The Morgan fingerprint density at radius 2 is 2.38 bits per heavy atom. The standard InChI is InChI=1S/C12H22N2O2/c1-4-7-14-10(5-6-11(15)16)8-13-9-12(14,2)3/h4,10,13H,1,5-9H2,2-3H3,(H,15,16). The minimum atomic E-state index is -0.720. The molecular formula is C12H22N2O2. The molecule has 4 nitrogen and oxygen atoms in total. The van der Waals surface area contributed by atoms with Gasteiger partial charge in [0.1, 0.15) is 0 Å². The molecule has 1 fully saturated rings. The molecule has 1 aliphatic rings. The molecule has 0 saturated carbocycles. The van der Waals surface area contributed by atoms with Crippen LogP contribution in [0.25, 0.3) is 0 Å². The molecule has 0 aromatic carbocycles. The van der Waals surface area contributed by atoms with E-state index in [-0.39, 0.29) is 18.0 Å². The zero-order valence-electron chi connectivity index (χ0n) is 10.2. The smallest absolute Gasteiger partial charge is 0.303 e. The Morgan fingerprint density at radius 1 is 1.69 bits per heavy atom. The molecule has 0 aromatic rings. The molecule has 1 saturated heterocycles. The van der Waals surface area contributed by atoms with Gasteiger partial charge in [0.2, 0.25) is 0 Å². The maximum Gasteiger partial charge on any atom is 0.303 e. The number of aliphatic carboxylic acids is 1. The average molecular weight is 226 g/mol. The van der Waals surface area contributed by atoms with Crippen molar-refractivity contribution >= 4 is 5.97 Å². The Bertz CT molecular complexity index is 264. The second-order valence-electron chi connectivity index (χ2n) is 4.97. The van der Waals surface area contributed by atoms with Crippen molar-refractivity contribution < 1.29 is 9.90 Å². The van der Waals surface area contributed by atoms with Gasteiger partial charge in [0.25, 0.3) is 0 Å². The van der Waals surface area contributed by atoms with Crippen molar-refractivity contribution in [1.29, 1.82) is 0 Å². The van der Waals surface area contributed by atoms with Crippen LogP contribution < -0.4 is 5.32 Å². The van der Waals surface area contributed by atoms with Gasteiger partial charge in [0, 0.05) is 37.6 Å². The molecule has 0 aliphatic carbocycles. The van der Waals surface area contributed by atoms with Gasteiger partial charge < -0.3 is 10.4 Å². The third kappa shape index (κ3) is 3.32. The second kappa shape index (κ2) is 5.46. The summed E-state index contributed by atoms with van der Waals surface area (Å²) in [5, 5.41) is 12.1. The van der Waals surface area contributed by atoms with Crippen molar-refractivity contribution in [2.45, 2.75) is 38.3 Å². The van der Waals surface area contributed by atoms with Gasteiger partial charge in [-0.05, 0) is 20.3 Å². The minimum Gasteiger partial charge on any atom is -0.481 e. The SMILES string of the molecule is C=CCN1C(CCC(=O)O)CNCC1(C)C. The largest absolute Gasteiger partial charge is 0.481 e. The van der Waals surface area contributed by atoms with Gasteiger partial charge in [0.05, 0.1) is 0 Å². The molecule has 1 heterocycles. The van der Waals surface area contributed by atoms with Gasteiger partial charge in [-0.15, -0.1) is 6.58 Å². The molecular weight excluding hydrogens is 204 g/mol. The van der Waals surface area contributed by atoms with E-state index < -0.39 is 5.97 Å². The molecule has 1 rings (SSSR count). The summed E-state index contributed by atoms with van der Waals surface area (Å²) in [6, 6.07) is 0.290. The predicted molar refractivity (Wildman–Crippen MR) is 64.5 cm³/mol. The Hall–Kier alpha value is -0.870. The molecule has 1 unspecified atom stereocenters. The highest BCUT2D eigenvalue weighted by atomic mass is 16.4. The number of hydrogen-bond donors (Lipinski definition) is 2. The number of nitrogens with one attached hydrogen (secondary N) is 1. The quantitative estimate of drug-likeness (QED) is 0.689. The topological polar surface area (TPSA) is 52.6 Å². The van der Waals surface area contributed by atoms with E-state index in [2.05, 4.69) is 30.6 Å². The zero-order valence-corrected chi connectivity index (χ0v) is 10.2. The third-order valence-electron chi connectivity index (χ3n) is 3.17. The van der Waals surface area contributed by atoms with Gasteiger partial charge in [-0.1, -0.05) is 6.08 Å². The van der Waals surface area contributed by atoms with E-state index in [1.165, 1.54) is 0 Å². The first-order valence-corrected chi connectivity index (χ1v) is 5.77. The van der Waals surface area contributed by atoms with Crippen LogP contribution in [0.4, 0.5) is 0 Å². The van der Waals surface area contributed by atoms with Crippen LogP contribution in [0, 0.1) is 0 Å². The Labute approximate surface area is 97.3 Å². The average Bonchev–Trinajstić information content (AvgIpc) is 2.18. The van der Waals surface area contributed by atoms with Crippen molar-refractivity contribution in [2.24, 2.45) is 0 Å². The van der Waals surface area contributed by atoms with Gasteiger partial charge in [-0.3, -0.25) is 9.69 Å². The fourth-order valence-corrected chi connectivity index (χ4v) is 2.33. The van der Waals surface area contributed by atoms with Gasteiger partial charge in [-0.25, -0.2) is 0 Å². The van der Waals surface area contributed by atoms with E-state index in [1.807, 2.05) is 6.08 Å². The Morgan fingerprint density at radius 3 is 2.94 bits per heavy atom. The van der Waals surface area contributed by atoms with E-state index in [1.54, 1.807) is 0 Å². The lowest BCUT2D eigenvalue weighted by atomic mass is 9.94. The minimum absolute atomic E-state index is 0.0651. The summed E-state index contributed by atoms with van der Waals surface area (Å²) in [7, 11) is 0. The molecule has 0 spiro atoms. The van der Waals surface area contributed by atoms with Crippen LogP contribution in [0.5, 0.6) is 0 Å². The summed E-state index contributed by atoms with van der Waals surface area (Å²) in [5.41, 5.74) is 0.0651. The molecule has 0 bridgehead atoms. The molecule has 0 amide bonds. The highest BCUT2D eigenvalue weighted by Crippen LogP contribution is 2.23. The number of hydrogen-bond acceptors (Lipinski definition) is 3. The Balaban J connectivity index is 2.64. The lowest BCUT2D eigenvalue weighted by Gasteiger charge is -2.47. The fraction of sp³-hybridized carbons (Fsp3) is 0.750. The molecule has 1 aliphatic heterocycles. The van der Waals surface area contributed by atoms with Crippen molar-refractivity contribution in [1.82, 2.24) is 10.2 Å². The van der Waals surface area contributed by atoms with Crippen molar-refractivity contribution in [3.05, 3.63) is 12.7 Å². The molecule has 0 aromatic heterocycles. The zero-order chi connectivity index (χ0) is 12.2. The highest BCUT2D eigenvalue weighted by Gasteiger charge is 2.35. The number of carboxylic acids is 1. The highest BCUT2D eigenvalue weighted by molar-refractivity contribution is 5.66. The molecule has 16 heavy (non-hydrogen) atoms. The first-order valence-electron chi connectivity index (χ1n) is 5.77. The van der Waals surface area contributed by atoms with E-state index in [4.69, 9.17) is 5.11 Å². The summed E-state index contributed by atoms with van der Waals surface area (Å²) in [6.07, 6.45) is 2.82. The van der Waals surface area contributed by atoms with Gasteiger partial charge in [-0.2, -0.15) is 0 Å². The van der Waals surface area contributed by atoms with E-state index in [9.17, 15) is 4.79 Å². The molecule has 92 valence electrons. The summed E-state index contributed by atoms with van der Waals surface area (Å²) in [5.74, 6) is -0.720. The lowest BCUT2D eigenvalue weighted by molar-refractivity contribution is -0.137.